The van der Waals surface area contributed by atoms with E-state index in [0.29, 0.717) is 6.04 Å². The second-order valence-corrected chi connectivity index (χ2v) is 6.73. The van der Waals surface area contributed by atoms with E-state index in [1.54, 1.807) is 7.11 Å². The Morgan fingerprint density at radius 2 is 2.05 bits per heavy atom. The van der Waals surface area contributed by atoms with E-state index in [9.17, 15) is 0 Å². The van der Waals surface area contributed by atoms with Crippen molar-refractivity contribution in [2.24, 2.45) is 0 Å². The summed E-state index contributed by atoms with van der Waals surface area (Å²) < 4.78 is 6.37. The molecule has 1 saturated heterocycles. The SMILES string of the molecule is CCC1CNC(CC)(CC)CN1c1ccc(OC)c(Br)c1. The van der Waals surface area contributed by atoms with Gasteiger partial charge in [-0.3, -0.25) is 0 Å². The fourth-order valence-corrected chi connectivity index (χ4v) is 3.71. The molecule has 118 valence electrons. The van der Waals surface area contributed by atoms with Crippen LogP contribution < -0.4 is 15.0 Å². The molecule has 0 aromatic heterocycles. The largest absolute Gasteiger partial charge is 0.496 e. The minimum absolute atomic E-state index is 0.234. The summed E-state index contributed by atoms with van der Waals surface area (Å²) in [6.07, 6.45) is 3.47. The van der Waals surface area contributed by atoms with Crippen LogP contribution in [0.3, 0.4) is 0 Å². The fraction of sp³-hybridized carbons (Fsp3) is 0.647. The van der Waals surface area contributed by atoms with Gasteiger partial charge in [0.05, 0.1) is 11.6 Å². The van der Waals surface area contributed by atoms with E-state index in [4.69, 9.17) is 4.74 Å². The van der Waals surface area contributed by atoms with Crippen LogP contribution in [0.15, 0.2) is 22.7 Å². The van der Waals surface area contributed by atoms with Gasteiger partial charge in [0, 0.05) is 30.4 Å². The number of nitrogens with one attached hydrogen (secondary N) is 1. The Morgan fingerprint density at radius 1 is 1.33 bits per heavy atom. The number of methoxy groups -OCH3 is 1. The quantitative estimate of drug-likeness (QED) is 0.857. The third-order valence-electron chi connectivity index (χ3n) is 4.92. The fourth-order valence-electron chi connectivity index (χ4n) is 3.18. The molecule has 0 aliphatic carbocycles. The van der Waals surface area contributed by atoms with Gasteiger partial charge in [0.15, 0.2) is 0 Å². The van der Waals surface area contributed by atoms with Gasteiger partial charge in [-0.15, -0.1) is 0 Å². The summed E-state index contributed by atoms with van der Waals surface area (Å²) in [5.74, 6) is 0.888. The van der Waals surface area contributed by atoms with Gasteiger partial charge >= 0.3 is 0 Å². The van der Waals surface area contributed by atoms with Crippen molar-refractivity contribution in [1.29, 1.82) is 0 Å². The average Bonchev–Trinajstić information content (AvgIpc) is 2.54. The highest BCUT2D eigenvalue weighted by molar-refractivity contribution is 9.10. The summed E-state index contributed by atoms with van der Waals surface area (Å²) in [5, 5.41) is 3.79. The minimum Gasteiger partial charge on any atom is -0.496 e. The predicted molar refractivity (Wildman–Crippen MR) is 93.4 cm³/mol. The lowest BCUT2D eigenvalue weighted by atomic mass is 9.87. The van der Waals surface area contributed by atoms with Crippen LogP contribution in [0.25, 0.3) is 0 Å². The maximum atomic E-state index is 5.35. The lowest BCUT2D eigenvalue weighted by molar-refractivity contribution is 0.246. The number of anilines is 1. The van der Waals surface area contributed by atoms with Gasteiger partial charge < -0.3 is 15.0 Å². The second-order valence-electron chi connectivity index (χ2n) is 5.88. The van der Waals surface area contributed by atoms with E-state index < -0.39 is 0 Å². The third kappa shape index (κ3) is 3.37. The van der Waals surface area contributed by atoms with Crippen LogP contribution in [0.5, 0.6) is 5.75 Å². The Hall–Kier alpha value is -0.740. The van der Waals surface area contributed by atoms with E-state index in [1.165, 1.54) is 5.69 Å². The standard InChI is InChI=1S/C17H27BrN2O/c1-5-13-11-19-17(6-2,7-3)12-20(13)14-8-9-16(21-4)15(18)10-14/h8-10,13,19H,5-7,11-12H2,1-4H3. The maximum Gasteiger partial charge on any atom is 0.133 e. The van der Waals surface area contributed by atoms with Crippen molar-refractivity contribution >= 4 is 21.6 Å². The molecule has 3 nitrogen and oxygen atoms in total. The molecule has 0 spiro atoms. The maximum absolute atomic E-state index is 5.35. The molecule has 0 radical (unpaired) electrons. The zero-order valence-corrected chi connectivity index (χ0v) is 15.2. The molecule has 1 heterocycles. The van der Waals surface area contributed by atoms with Gasteiger partial charge in [-0.1, -0.05) is 20.8 Å². The molecule has 1 aromatic rings. The van der Waals surface area contributed by atoms with Crippen molar-refractivity contribution in [3.05, 3.63) is 22.7 Å². The van der Waals surface area contributed by atoms with Gasteiger partial charge in [0.2, 0.25) is 0 Å². The molecule has 1 aliphatic rings. The molecule has 1 atom stereocenters. The molecule has 4 heteroatoms. The molecular formula is C17H27BrN2O. The first-order chi connectivity index (χ1) is 10.1. The van der Waals surface area contributed by atoms with Crippen LogP contribution in [0.4, 0.5) is 5.69 Å². The van der Waals surface area contributed by atoms with Crippen LogP contribution in [-0.2, 0) is 0 Å². The van der Waals surface area contributed by atoms with E-state index in [0.717, 1.165) is 42.6 Å². The summed E-state index contributed by atoms with van der Waals surface area (Å²) in [6.45, 7) is 8.96. The molecule has 1 fully saturated rings. The van der Waals surface area contributed by atoms with Crippen molar-refractivity contribution in [1.82, 2.24) is 5.32 Å². The average molecular weight is 355 g/mol. The highest BCUT2D eigenvalue weighted by Crippen LogP contribution is 2.33. The van der Waals surface area contributed by atoms with Crippen molar-refractivity contribution in [2.75, 3.05) is 25.1 Å². The van der Waals surface area contributed by atoms with Gasteiger partial charge in [-0.25, -0.2) is 0 Å². The van der Waals surface area contributed by atoms with E-state index in [2.05, 4.69) is 59.1 Å². The molecule has 21 heavy (non-hydrogen) atoms. The molecule has 1 unspecified atom stereocenters. The highest BCUT2D eigenvalue weighted by Gasteiger charge is 2.36. The lowest BCUT2D eigenvalue weighted by Crippen LogP contribution is -2.64. The van der Waals surface area contributed by atoms with Crippen molar-refractivity contribution in [3.63, 3.8) is 0 Å². The van der Waals surface area contributed by atoms with E-state index in [-0.39, 0.29) is 5.54 Å². The zero-order valence-electron chi connectivity index (χ0n) is 13.6. The topological polar surface area (TPSA) is 24.5 Å². The molecular weight excluding hydrogens is 328 g/mol. The monoisotopic (exact) mass is 354 g/mol. The summed E-state index contributed by atoms with van der Waals surface area (Å²) in [6, 6.07) is 6.96. The number of benzene rings is 1. The van der Waals surface area contributed by atoms with E-state index >= 15 is 0 Å². The molecule has 0 saturated carbocycles. The number of nitrogens with zero attached hydrogens (tertiary/aromatic N) is 1. The van der Waals surface area contributed by atoms with Crippen LogP contribution in [0.1, 0.15) is 40.0 Å². The molecule has 1 aromatic carbocycles. The molecule has 1 N–H and O–H groups in total. The Bertz CT molecular complexity index is 474. The normalized spacial score (nSPS) is 21.4. The number of hydrogen-bond donors (Lipinski definition) is 1. The van der Waals surface area contributed by atoms with Crippen molar-refractivity contribution < 1.29 is 4.74 Å². The van der Waals surface area contributed by atoms with Crippen LogP contribution >= 0.6 is 15.9 Å². The summed E-state index contributed by atoms with van der Waals surface area (Å²) in [5.41, 5.74) is 1.51. The predicted octanol–water partition coefficient (Wildman–Crippen LogP) is 4.20. The lowest BCUT2D eigenvalue weighted by Gasteiger charge is -2.48. The van der Waals surface area contributed by atoms with Crippen molar-refractivity contribution in [3.8, 4) is 5.75 Å². The highest BCUT2D eigenvalue weighted by atomic mass is 79.9. The van der Waals surface area contributed by atoms with Crippen LogP contribution in [-0.4, -0.2) is 31.8 Å². The summed E-state index contributed by atoms with van der Waals surface area (Å²) >= 11 is 3.61. The molecule has 0 amide bonds. The Balaban J connectivity index is 2.30. The summed E-state index contributed by atoms with van der Waals surface area (Å²) in [4.78, 5) is 2.56. The first kappa shape index (κ1) is 16.6. The molecule has 0 bridgehead atoms. The van der Waals surface area contributed by atoms with E-state index in [1.807, 2.05) is 6.07 Å². The number of rotatable bonds is 5. The van der Waals surface area contributed by atoms with Crippen molar-refractivity contribution in [2.45, 2.75) is 51.6 Å². The molecule has 1 aliphatic heterocycles. The first-order valence-corrected chi connectivity index (χ1v) is 8.73. The van der Waals surface area contributed by atoms with Crippen LogP contribution in [0, 0.1) is 0 Å². The number of hydrogen-bond acceptors (Lipinski definition) is 3. The zero-order chi connectivity index (χ0) is 15.5. The van der Waals surface area contributed by atoms with Gasteiger partial charge in [-0.05, 0) is 53.4 Å². The molecule has 2 rings (SSSR count). The van der Waals surface area contributed by atoms with Gasteiger partial charge in [-0.2, -0.15) is 0 Å². The minimum atomic E-state index is 0.234. The smallest absolute Gasteiger partial charge is 0.133 e. The third-order valence-corrected chi connectivity index (χ3v) is 5.54. The Morgan fingerprint density at radius 3 is 2.57 bits per heavy atom. The Kier molecular flexibility index (Phi) is 5.55. The number of piperazine rings is 1. The van der Waals surface area contributed by atoms with Gasteiger partial charge in [0.25, 0.3) is 0 Å². The Labute approximate surface area is 137 Å². The second kappa shape index (κ2) is 7.01. The van der Waals surface area contributed by atoms with Crippen LogP contribution in [0.2, 0.25) is 0 Å². The number of ether oxygens (including phenoxy) is 1. The summed E-state index contributed by atoms with van der Waals surface area (Å²) in [7, 11) is 1.71. The first-order valence-electron chi connectivity index (χ1n) is 7.94. The van der Waals surface area contributed by atoms with Gasteiger partial charge in [0.1, 0.15) is 5.75 Å². The number of halogens is 1.